The topological polar surface area (TPSA) is 75.4 Å². The molecule has 0 bridgehead atoms. The summed E-state index contributed by atoms with van der Waals surface area (Å²) in [5.41, 5.74) is 7.03. The van der Waals surface area contributed by atoms with Gasteiger partial charge in [-0.1, -0.05) is 19.9 Å². The lowest BCUT2D eigenvalue weighted by Gasteiger charge is -2.16. The van der Waals surface area contributed by atoms with Crippen molar-refractivity contribution in [3.8, 4) is 5.75 Å². The molecule has 1 aromatic carbocycles. The van der Waals surface area contributed by atoms with Crippen LogP contribution in [0.3, 0.4) is 0 Å². The highest BCUT2D eigenvalue weighted by Gasteiger charge is 2.13. The van der Waals surface area contributed by atoms with Gasteiger partial charge >= 0.3 is 0 Å². The average Bonchev–Trinajstić information content (AvgIpc) is 2.25. The fourth-order valence-corrected chi connectivity index (χ4v) is 1.38. The van der Waals surface area contributed by atoms with Gasteiger partial charge in [-0.3, -0.25) is 4.79 Å². The molecule has 0 aliphatic carbocycles. The summed E-state index contributed by atoms with van der Waals surface area (Å²) in [6, 6.07) is 4.89. The second-order valence-electron chi connectivity index (χ2n) is 4.64. The second-order valence-corrected chi connectivity index (χ2v) is 4.64. The third kappa shape index (κ3) is 3.75. The van der Waals surface area contributed by atoms with E-state index in [0.29, 0.717) is 12.5 Å². The van der Waals surface area contributed by atoms with Crippen molar-refractivity contribution < 1.29 is 9.90 Å². The Morgan fingerprint density at radius 2 is 2.12 bits per heavy atom. The van der Waals surface area contributed by atoms with Gasteiger partial charge in [-0.15, -0.1) is 0 Å². The quantitative estimate of drug-likeness (QED) is 0.740. The number of aryl methyl sites for hydroxylation is 1. The van der Waals surface area contributed by atoms with Crippen molar-refractivity contribution in [2.75, 3.05) is 6.54 Å². The number of amides is 1. The van der Waals surface area contributed by atoms with Crippen LogP contribution in [-0.2, 0) is 0 Å². The number of phenolic OH excluding ortho intramolecular Hbond substituents is 1. The molecular formula is C13H20N2O2. The minimum atomic E-state index is -0.293. The number of benzene rings is 1. The summed E-state index contributed by atoms with van der Waals surface area (Å²) in [7, 11) is 0. The maximum atomic E-state index is 11.8. The van der Waals surface area contributed by atoms with Gasteiger partial charge in [-0.25, -0.2) is 0 Å². The molecule has 0 aliphatic rings. The normalized spacial score (nSPS) is 12.5. The van der Waals surface area contributed by atoms with E-state index >= 15 is 0 Å². The summed E-state index contributed by atoms with van der Waals surface area (Å²) in [4.78, 5) is 11.8. The lowest BCUT2D eigenvalue weighted by Crippen LogP contribution is -2.40. The molecule has 0 saturated heterocycles. The molecule has 1 atom stereocenters. The second kappa shape index (κ2) is 5.68. The summed E-state index contributed by atoms with van der Waals surface area (Å²) in [5, 5.41) is 12.4. The van der Waals surface area contributed by atoms with E-state index in [2.05, 4.69) is 5.32 Å². The average molecular weight is 236 g/mol. The Hall–Kier alpha value is -1.55. The molecule has 4 nitrogen and oxygen atoms in total. The molecule has 17 heavy (non-hydrogen) atoms. The molecular weight excluding hydrogens is 216 g/mol. The number of rotatable bonds is 4. The molecule has 4 N–H and O–H groups in total. The molecule has 1 amide bonds. The number of carbonyl (C=O) groups is 1. The summed E-state index contributed by atoms with van der Waals surface area (Å²) >= 11 is 0. The maximum absolute atomic E-state index is 11.8. The Morgan fingerprint density at radius 1 is 1.47 bits per heavy atom. The van der Waals surface area contributed by atoms with Crippen molar-refractivity contribution in [3.63, 3.8) is 0 Å². The van der Waals surface area contributed by atoms with Crippen LogP contribution >= 0.6 is 0 Å². The number of phenols is 1. The van der Waals surface area contributed by atoms with E-state index in [0.717, 1.165) is 5.56 Å². The van der Waals surface area contributed by atoms with Crippen LogP contribution in [-0.4, -0.2) is 23.6 Å². The minimum Gasteiger partial charge on any atom is -0.507 e. The highest BCUT2D eigenvalue weighted by molar-refractivity contribution is 5.96. The van der Waals surface area contributed by atoms with E-state index in [1.807, 2.05) is 20.8 Å². The lowest BCUT2D eigenvalue weighted by molar-refractivity contribution is 0.0946. The van der Waals surface area contributed by atoms with Gasteiger partial charge in [-0.05, 0) is 30.5 Å². The van der Waals surface area contributed by atoms with Crippen molar-refractivity contribution in [2.45, 2.75) is 26.8 Å². The standard InChI is InChI=1S/C13H20N2O2/c1-8(2)11(14)7-15-13(17)10-5-4-9(3)6-12(10)16/h4-6,8,11,16H,7,14H2,1-3H3,(H,15,17). The molecule has 4 heteroatoms. The summed E-state index contributed by atoms with van der Waals surface area (Å²) in [6.07, 6.45) is 0. The lowest BCUT2D eigenvalue weighted by atomic mass is 10.1. The first-order valence-electron chi connectivity index (χ1n) is 5.75. The summed E-state index contributed by atoms with van der Waals surface area (Å²) < 4.78 is 0. The van der Waals surface area contributed by atoms with Crippen LogP contribution in [0, 0.1) is 12.8 Å². The van der Waals surface area contributed by atoms with Gasteiger partial charge in [0.1, 0.15) is 5.75 Å². The van der Waals surface area contributed by atoms with Crippen molar-refractivity contribution in [2.24, 2.45) is 11.7 Å². The molecule has 0 spiro atoms. The number of aromatic hydroxyl groups is 1. The fourth-order valence-electron chi connectivity index (χ4n) is 1.38. The van der Waals surface area contributed by atoms with Crippen LogP contribution in [0.5, 0.6) is 5.75 Å². The van der Waals surface area contributed by atoms with E-state index in [1.165, 1.54) is 0 Å². The molecule has 1 aromatic rings. The van der Waals surface area contributed by atoms with Gasteiger partial charge in [-0.2, -0.15) is 0 Å². The molecule has 0 aliphatic heterocycles. The van der Waals surface area contributed by atoms with Gasteiger partial charge in [0.05, 0.1) is 5.56 Å². The Labute approximate surface area is 102 Å². The van der Waals surface area contributed by atoms with Crippen molar-refractivity contribution >= 4 is 5.91 Å². The van der Waals surface area contributed by atoms with E-state index in [9.17, 15) is 9.90 Å². The Bertz CT molecular complexity index is 402. The van der Waals surface area contributed by atoms with E-state index in [1.54, 1.807) is 18.2 Å². The number of nitrogens with one attached hydrogen (secondary N) is 1. The molecule has 1 unspecified atom stereocenters. The van der Waals surface area contributed by atoms with E-state index in [4.69, 9.17) is 5.73 Å². The Morgan fingerprint density at radius 3 is 2.65 bits per heavy atom. The summed E-state index contributed by atoms with van der Waals surface area (Å²) in [6.45, 7) is 6.26. The smallest absolute Gasteiger partial charge is 0.255 e. The highest BCUT2D eigenvalue weighted by atomic mass is 16.3. The van der Waals surface area contributed by atoms with Gasteiger partial charge < -0.3 is 16.2 Å². The molecule has 94 valence electrons. The van der Waals surface area contributed by atoms with Crippen LogP contribution in [0.15, 0.2) is 18.2 Å². The third-order valence-electron chi connectivity index (χ3n) is 2.75. The zero-order valence-corrected chi connectivity index (χ0v) is 10.5. The fraction of sp³-hybridized carbons (Fsp3) is 0.462. The Kier molecular flexibility index (Phi) is 4.52. The first-order chi connectivity index (χ1) is 7.91. The number of hydrogen-bond donors (Lipinski definition) is 3. The van der Waals surface area contributed by atoms with Gasteiger partial charge in [0.15, 0.2) is 0 Å². The predicted molar refractivity (Wildman–Crippen MR) is 68.0 cm³/mol. The number of carbonyl (C=O) groups excluding carboxylic acids is 1. The zero-order chi connectivity index (χ0) is 13.0. The summed E-state index contributed by atoms with van der Waals surface area (Å²) in [5.74, 6) is 0.0149. The first-order valence-corrected chi connectivity index (χ1v) is 5.75. The van der Waals surface area contributed by atoms with E-state index in [-0.39, 0.29) is 23.3 Å². The third-order valence-corrected chi connectivity index (χ3v) is 2.75. The van der Waals surface area contributed by atoms with Gasteiger partial charge in [0, 0.05) is 12.6 Å². The van der Waals surface area contributed by atoms with Crippen LogP contribution < -0.4 is 11.1 Å². The van der Waals surface area contributed by atoms with Crippen LogP contribution in [0.2, 0.25) is 0 Å². The van der Waals surface area contributed by atoms with Crippen molar-refractivity contribution in [1.82, 2.24) is 5.32 Å². The zero-order valence-electron chi connectivity index (χ0n) is 10.5. The Balaban J connectivity index is 2.64. The largest absolute Gasteiger partial charge is 0.507 e. The van der Waals surface area contributed by atoms with Crippen molar-refractivity contribution in [3.05, 3.63) is 29.3 Å². The van der Waals surface area contributed by atoms with Crippen LogP contribution in [0.25, 0.3) is 0 Å². The van der Waals surface area contributed by atoms with Crippen LogP contribution in [0.1, 0.15) is 29.8 Å². The molecule has 0 fully saturated rings. The first kappa shape index (κ1) is 13.5. The molecule has 0 radical (unpaired) electrons. The van der Waals surface area contributed by atoms with Gasteiger partial charge in [0.2, 0.25) is 0 Å². The minimum absolute atomic E-state index is 0.000573. The SMILES string of the molecule is Cc1ccc(C(=O)NCC(N)C(C)C)c(O)c1. The van der Waals surface area contributed by atoms with Crippen LogP contribution in [0.4, 0.5) is 0 Å². The molecule has 0 saturated carbocycles. The molecule has 0 aromatic heterocycles. The monoisotopic (exact) mass is 236 g/mol. The van der Waals surface area contributed by atoms with Gasteiger partial charge in [0.25, 0.3) is 5.91 Å². The predicted octanol–water partition coefficient (Wildman–Crippen LogP) is 1.41. The highest BCUT2D eigenvalue weighted by Crippen LogP contribution is 2.18. The number of nitrogens with two attached hydrogens (primary N) is 1. The maximum Gasteiger partial charge on any atom is 0.255 e. The number of hydrogen-bond acceptors (Lipinski definition) is 3. The molecule has 0 heterocycles. The van der Waals surface area contributed by atoms with Crippen molar-refractivity contribution in [1.29, 1.82) is 0 Å². The van der Waals surface area contributed by atoms with E-state index < -0.39 is 0 Å². The molecule has 1 rings (SSSR count).